The van der Waals surface area contributed by atoms with Crippen LogP contribution in [0.15, 0.2) is 18.2 Å². The Balaban J connectivity index is 3.07. The van der Waals surface area contributed by atoms with Crippen LogP contribution in [0.2, 0.25) is 0 Å². The fourth-order valence-electron chi connectivity index (χ4n) is 0.906. The van der Waals surface area contributed by atoms with Crippen molar-refractivity contribution in [2.45, 2.75) is 6.42 Å². The smallest absolute Gasteiger partial charge is 0.138 e. The van der Waals surface area contributed by atoms with Gasteiger partial charge in [0.1, 0.15) is 12.1 Å². The first-order chi connectivity index (χ1) is 5.77. The summed E-state index contributed by atoms with van der Waals surface area (Å²) in [5.41, 5.74) is 0.939. The molecule has 0 saturated heterocycles. The molecule has 0 bridgehead atoms. The number of aldehydes is 1. The number of terminal acetylenes is 1. The predicted octanol–water partition coefficient (Wildman–Crippen LogP) is 1.55. The van der Waals surface area contributed by atoms with E-state index in [0.29, 0.717) is 0 Å². The van der Waals surface area contributed by atoms with Gasteiger partial charge in [0, 0.05) is 6.42 Å². The van der Waals surface area contributed by atoms with Crippen molar-refractivity contribution in [1.29, 1.82) is 0 Å². The maximum atomic E-state index is 12.8. The molecule has 1 aromatic carbocycles. The van der Waals surface area contributed by atoms with Crippen LogP contribution < -0.4 is 0 Å². The van der Waals surface area contributed by atoms with E-state index in [1.807, 2.05) is 0 Å². The van der Waals surface area contributed by atoms with Crippen LogP contribution >= 0.6 is 0 Å². The molecule has 0 aliphatic heterocycles. The number of carbonyl (C=O) groups excluding carboxylic acids is 1. The molecular weight excluding hydrogens is 155 g/mol. The monoisotopic (exact) mass is 162 g/mol. The molecule has 0 aromatic heterocycles. The fraction of sp³-hybridized carbons (Fsp3) is 0.100. The lowest BCUT2D eigenvalue weighted by atomic mass is 10.1. The number of hydrogen-bond acceptors (Lipinski definition) is 1. The van der Waals surface area contributed by atoms with Gasteiger partial charge in [0.15, 0.2) is 0 Å². The molecule has 12 heavy (non-hydrogen) atoms. The van der Waals surface area contributed by atoms with Gasteiger partial charge < -0.3 is 4.79 Å². The van der Waals surface area contributed by atoms with Gasteiger partial charge in [-0.1, -0.05) is 12.0 Å². The van der Waals surface area contributed by atoms with Gasteiger partial charge in [0.2, 0.25) is 0 Å². The normalized spacial score (nSPS) is 9.00. The molecule has 1 nitrogen and oxygen atoms in total. The van der Waals surface area contributed by atoms with Gasteiger partial charge in [-0.05, 0) is 17.7 Å². The second-order valence-corrected chi connectivity index (χ2v) is 2.33. The van der Waals surface area contributed by atoms with Crippen molar-refractivity contribution in [2.75, 3.05) is 0 Å². The highest BCUT2D eigenvalue weighted by atomic mass is 19.1. The van der Waals surface area contributed by atoms with E-state index in [1.165, 1.54) is 12.1 Å². The Morgan fingerprint density at radius 3 is 2.92 bits per heavy atom. The van der Waals surface area contributed by atoms with E-state index in [-0.39, 0.29) is 12.0 Å². The summed E-state index contributed by atoms with van der Waals surface area (Å²) in [7, 11) is 0. The van der Waals surface area contributed by atoms with Gasteiger partial charge in [0.25, 0.3) is 0 Å². The average molecular weight is 162 g/mol. The molecule has 0 heterocycles. The summed E-state index contributed by atoms with van der Waals surface area (Å²) >= 11 is 0. The Morgan fingerprint density at radius 1 is 1.58 bits per heavy atom. The molecule has 0 aliphatic carbocycles. The van der Waals surface area contributed by atoms with Crippen LogP contribution in [0.4, 0.5) is 4.39 Å². The summed E-state index contributed by atoms with van der Waals surface area (Å²) in [5, 5.41) is 0. The van der Waals surface area contributed by atoms with Crippen LogP contribution in [-0.2, 0) is 11.2 Å². The van der Waals surface area contributed by atoms with Crippen molar-refractivity contribution < 1.29 is 9.18 Å². The van der Waals surface area contributed by atoms with Crippen molar-refractivity contribution in [3.8, 4) is 12.3 Å². The van der Waals surface area contributed by atoms with Crippen molar-refractivity contribution in [3.63, 3.8) is 0 Å². The highest BCUT2D eigenvalue weighted by Gasteiger charge is 1.99. The molecule has 0 spiro atoms. The van der Waals surface area contributed by atoms with E-state index >= 15 is 0 Å². The maximum absolute atomic E-state index is 12.8. The fourth-order valence-corrected chi connectivity index (χ4v) is 0.906. The molecule has 0 amide bonds. The second kappa shape index (κ2) is 3.68. The quantitative estimate of drug-likeness (QED) is 0.476. The van der Waals surface area contributed by atoms with Crippen LogP contribution in [-0.4, -0.2) is 6.29 Å². The number of hydrogen-bond donors (Lipinski definition) is 0. The molecule has 60 valence electrons. The van der Waals surface area contributed by atoms with E-state index < -0.39 is 5.82 Å². The third kappa shape index (κ3) is 1.70. The molecule has 1 rings (SSSR count). The van der Waals surface area contributed by atoms with Gasteiger partial charge in [-0.15, -0.1) is 6.42 Å². The third-order valence-electron chi connectivity index (χ3n) is 1.51. The van der Waals surface area contributed by atoms with Crippen LogP contribution in [0, 0.1) is 18.2 Å². The van der Waals surface area contributed by atoms with Gasteiger partial charge >= 0.3 is 0 Å². The SMILES string of the molecule is C#Cc1cc(CC=O)ccc1F. The Bertz CT molecular complexity index is 336. The standard InChI is InChI=1S/C10H7FO/c1-2-9-7-8(5-6-12)3-4-10(9)11/h1,3-4,6-7H,5H2. The molecule has 1 aromatic rings. The van der Waals surface area contributed by atoms with Crippen LogP contribution in [0.25, 0.3) is 0 Å². The summed E-state index contributed by atoms with van der Waals surface area (Å²) in [5.74, 6) is 1.78. The van der Waals surface area contributed by atoms with Crippen LogP contribution in [0.1, 0.15) is 11.1 Å². The number of benzene rings is 1. The molecule has 0 radical (unpaired) electrons. The van der Waals surface area contributed by atoms with Crippen molar-refractivity contribution in [3.05, 3.63) is 35.1 Å². The molecule has 0 unspecified atom stereocenters. The van der Waals surface area contributed by atoms with E-state index in [2.05, 4.69) is 5.92 Å². The summed E-state index contributed by atoms with van der Waals surface area (Å²) in [6.07, 6.45) is 6.07. The Kier molecular flexibility index (Phi) is 2.60. The van der Waals surface area contributed by atoms with E-state index in [4.69, 9.17) is 6.42 Å². The molecule has 0 saturated carbocycles. The first-order valence-corrected chi connectivity index (χ1v) is 3.46. The minimum atomic E-state index is -0.424. The Morgan fingerprint density at radius 2 is 2.33 bits per heavy atom. The zero-order chi connectivity index (χ0) is 8.97. The topological polar surface area (TPSA) is 17.1 Å². The second-order valence-electron chi connectivity index (χ2n) is 2.33. The Hall–Kier alpha value is -1.62. The number of rotatable bonds is 2. The molecule has 0 N–H and O–H groups in total. The number of halogens is 1. The van der Waals surface area contributed by atoms with Gasteiger partial charge in [-0.25, -0.2) is 4.39 Å². The van der Waals surface area contributed by atoms with Crippen LogP contribution in [0.3, 0.4) is 0 Å². The lowest BCUT2D eigenvalue weighted by Crippen LogP contribution is -1.89. The molecule has 0 fully saturated rings. The molecule has 0 atom stereocenters. The van der Waals surface area contributed by atoms with Gasteiger partial charge in [-0.3, -0.25) is 0 Å². The van der Waals surface area contributed by atoms with Crippen molar-refractivity contribution in [1.82, 2.24) is 0 Å². The highest BCUT2D eigenvalue weighted by Crippen LogP contribution is 2.09. The Labute approximate surface area is 70.2 Å². The minimum Gasteiger partial charge on any atom is -0.303 e. The predicted molar refractivity (Wildman–Crippen MR) is 44.1 cm³/mol. The summed E-state index contributed by atoms with van der Waals surface area (Å²) < 4.78 is 12.8. The summed E-state index contributed by atoms with van der Waals surface area (Å²) in [6.45, 7) is 0. The molecule has 0 aliphatic rings. The van der Waals surface area contributed by atoms with Crippen LogP contribution in [0.5, 0.6) is 0 Å². The number of carbonyl (C=O) groups is 1. The molecular formula is C10H7FO. The van der Waals surface area contributed by atoms with Gasteiger partial charge in [0.05, 0.1) is 5.56 Å². The van der Waals surface area contributed by atoms with E-state index in [9.17, 15) is 9.18 Å². The van der Waals surface area contributed by atoms with Gasteiger partial charge in [-0.2, -0.15) is 0 Å². The first kappa shape index (κ1) is 8.48. The highest BCUT2D eigenvalue weighted by molar-refractivity contribution is 5.55. The zero-order valence-corrected chi connectivity index (χ0v) is 6.38. The summed E-state index contributed by atoms with van der Waals surface area (Å²) in [6, 6.07) is 4.32. The van der Waals surface area contributed by atoms with E-state index in [0.717, 1.165) is 11.8 Å². The lowest BCUT2D eigenvalue weighted by molar-refractivity contribution is -0.107. The minimum absolute atomic E-state index is 0.203. The average Bonchev–Trinajstić information content (AvgIpc) is 2.09. The largest absolute Gasteiger partial charge is 0.303 e. The third-order valence-corrected chi connectivity index (χ3v) is 1.51. The van der Waals surface area contributed by atoms with E-state index in [1.54, 1.807) is 6.07 Å². The zero-order valence-electron chi connectivity index (χ0n) is 6.38. The van der Waals surface area contributed by atoms with Crippen molar-refractivity contribution >= 4 is 6.29 Å². The maximum Gasteiger partial charge on any atom is 0.138 e. The lowest BCUT2D eigenvalue weighted by Gasteiger charge is -1.97. The first-order valence-electron chi connectivity index (χ1n) is 3.46. The summed E-state index contributed by atoms with van der Waals surface area (Å²) in [4.78, 5) is 10.1. The molecule has 2 heteroatoms. The van der Waals surface area contributed by atoms with Crippen molar-refractivity contribution in [2.24, 2.45) is 0 Å².